The summed E-state index contributed by atoms with van der Waals surface area (Å²) in [5.41, 5.74) is 10.5. The molecular formula is C30H33ClFN3O. The molecule has 1 aliphatic heterocycles. The van der Waals surface area contributed by atoms with Crippen LogP contribution in [-0.2, 0) is 17.6 Å². The van der Waals surface area contributed by atoms with E-state index in [4.69, 9.17) is 17.3 Å². The maximum atomic E-state index is 13.6. The molecule has 2 aromatic carbocycles. The van der Waals surface area contributed by atoms with Crippen LogP contribution >= 0.6 is 11.6 Å². The molecule has 0 aromatic heterocycles. The van der Waals surface area contributed by atoms with Crippen LogP contribution in [0.5, 0.6) is 0 Å². The topological polar surface area (TPSA) is 70.1 Å². The number of halogens is 2. The molecule has 3 atom stereocenters. The number of likely N-dealkylation sites (tertiary alicyclic amines) is 1. The van der Waals surface area contributed by atoms with Crippen LogP contribution in [0.15, 0.2) is 66.1 Å². The van der Waals surface area contributed by atoms with Crippen molar-refractivity contribution in [2.45, 2.75) is 46.0 Å². The van der Waals surface area contributed by atoms with Gasteiger partial charge >= 0.3 is 0 Å². The molecule has 0 bridgehead atoms. The van der Waals surface area contributed by atoms with E-state index in [0.29, 0.717) is 41.7 Å². The van der Waals surface area contributed by atoms with E-state index in [0.717, 1.165) is 31.2 Å². The molecule has 188 valence electrons. The number of nitrogens with zero attached hydrogens (tertiary/aromatic N) is 2. The Morgan fingerprint density at radius 3 is 2.78 bits per heavy atom. The Balaban J connectivity index is 1.53. The van der Waals surface area contributed by atoms with Crippen LogP contribution in [0, 0.1) is 35.5 Å². The van der Waals surface area contributed by atoms with Crippen molar-refractivity contribution in [3.63, 3.8) is 0 Å². The summed E-state index contributed by atoms with van der Waals surface area (Å²) in [5, 5.41) is 9.68. The SMILES string of the molecule is Cc1ccccc1C[C@@](C)(CCc1ccc(C#N)c(Cl)c1)C1CCN(C(=O)C2CC=C(F)C=C2N)C1. The van der Waals surface area contributed by atoms with Crippen LogP contribution in [0.25, 0.3) is 0 Å². The Hall–Kier alpha value is -3.10. The monoisotopic (exact) mass is 505 g/mol. The van der Waals surface area contributed by atoms with Crippen molar-refractivity contribution in [3.05, 3.63) is 93.4 Å². The van der Waals surface area contributed by atoms with Crippen molar-refractivity contribution >= 4 is 17.5 Å². The first-order valence-corrected chi connectivity index (χ1v) is 12.9. The van der Waals surface area contributed by atoms with Gasteiger partial charge in [0.15, 0.2) is 0 Å². The van der Waals surface area contributed by atoms with Crippen molar-refractivity contribution < 1.29 is 9.18 Å². The molecular weight excluding hydrogens is 473 g/mol. The van der Waals surface area contributed by atoms with E-state index in [9.17, 15) is 14.4 Å². The molecule has 2 aromatic rings. The Kier molecular flexibility index (Phi) is 7.85. The molecule has 1 saturated heterocycles. The van der Waals surface area contributed by atoms with E-state index in [1.54, 1.807) is 6.07 Å². The highest BCUT2D eigenvalue weighted by atomic mass is 35.5. The van der Waals surface area contributed by atoms with Gasteiger partial charge in [-0.05, 0) is 91.3 Å². The molecule has 2 aliphatic rings. The summed E-state index contributed by atoms with van der Waals surface area (Å²) in [6.07, 6.45) is 6.62. The van der Waals surface area contributed by atoms with Gasteiger partial charge in [-0.25, -0.2) is 4.39 Å². The first-order valence-electron chi connectivity index (χ1n) is 12.5. The zero-order chi connectivity index (χ0) is 25.9. The standard InChI is InChI=1S/C30H33ClFN3O/c1-20-5-3-4-6-22(20)17-30(2,13-11-21-7-8-23(18-33)27(31)15-21)24-12-14-35(19-24)29(36)26-10-9-25(32)16-28(26)34/h3-9,15-16,24,26H,10-14,17,19,34H2,1-2H3/t24?,26?,30-/m1/s1. The van der Waals surface area contributed by atoms with Crippen molar-refractivity contribution in [1.82, 2.24) is 4.90 Å². The predicted molar refractivity (Wildman–Crippen MR) is 142 cm³/mol. The van der Waals surface area contributed by atoms with Gasteiger partial charge in [-0.15, -0.1) is 0 Å². The zero-order valence-corrected chi connectivity index (χ0v) is 21.7. The maximum Gasteiger partial charge on any atom is 0.231 e. The van der Waals surface area contributed by atoms with E-state index in [-0.39, 0.29) is 17.1 Å². The molecule has 36 heavy (non-hydrogen) atoms. The van der Waals surface area contributed by atoms with E-state index >= 15 is 0 Å². The summed E-state index contributed by atoms with van der Waals surface area (Å²) >= 11 is 6.30. The minimum Gasteiger partial charge on any atom is -0.401 e. The normalized spacial score (nSPS) is 21.4. The van der Waals surface area contributed by atoms with Gasteiger partial charge in [0.25, 0.3) is 0 Å². The molecule has 4 nitrogen and oxygen atoms in total. The molecule has 2 unspecified atom stereocenters. The van der Waals surface area contributed by atoms with Gasteiger partial charge in [-0.1, -0.05) is 48.9 Å². The predicted octanol–water partition coefficient (Wildman–Crippen LogP) is 6.27. The fourth-order valence-corrected chi connectivity index (χ4v) is 5.84. The van der Waals surface area contributed by atoms with Gasteiger partial charge in [-0.2, -0.15) is 5.26 Å². The van der Waals surface area contributed by atoms with Crippen LogP contribution in [0.1, 0.15) is 48.4 Å². The molecule has 1 aliphatic carbocycles. The number of nitrogens with two attached hydrogens (primary N) is 1. The Morgan fingerprint density at radius 2 is 2.08 bits per heavy atom. The fourth-order valence-electron chi connectivity index (χ4n) is 5.59. The third kappa shape index (κ3) is 5.65. The maximum absolute atomic E-state index is 13.6. The zero-order valence-electron chi connectivity index (χ0n) is 20.9. The minimum atomic E-state index is -0.480. The third-order valence-electron chi connectivity index (χ3n) is 8.03. The third-order valence-corrected chi connectivity index (χ3v) is 8.35. The number of carbonyl (C=O) groups excluding carboxylic acids is 1. The highest BCUT2D eigenvalue weighted by Crippen LogP contribution is 2.42. The van der Waals surface area contributed by atoms with E-state index in [1.165, 1.54) is 23.3 Å². The van der Waals surface area contributed by atoms with Gasteiger partial charge in [0, 0.05) is 18.8 Å². The molecule has 4 rings (SSSR count). The number of carbonyl (C=O) groups is 1. The summed E-state index contributed by atoms with van der Waals surface area (Å²) in [5.74, 6) is -0.542. The summed E-state index contributed by atoms with van der Waals surface area (Å²) in [4.78, 5) is 15.2. The van der Waals surface area contributed by atoms with Crippen molar-refractivity contribution in [2.75, 3.05) is 13.1 Å². The van der Waals surface area contributed by atoms with Crippen LogP contribution < -0.4 is 5.73 Å². The van der Waals surface area contributed by atoms with Crippen LogP contribution in [0.3, 0.4) is 0 Å². The summed E-state index contributed by atoms with van der Waals surface area (Å²) in [6.45, 7) is 5.83. The Bertz CT molecular complexity index is 1250. The largest absolute Gasteiger partial charge is 0.401 e. The molecule has 0 spiro atoms. The Morgan fingerprint density at radius 1 is 1.31 bits per heavy atom. The molecule has 1 fully saturated rings. The van der Waals surface area contributed by atoms with E-state index in [1.807, 2.05) is 17.0 Å². The average molecular weight is 506 g/mol. The Labute approximate surface area is 218 Å². The van der Waals surface area contributed by atoms with E-state index < -0.39 is 5.92 Å². The molecule has 1 heterocycles. The summed E-state index contributed by atoms with van der Waals surface area (Å²) in [6, 6.07) is 16.3. The first kappa shape index (κ1) is 26.0. The molecule has 1 amide bonds. The number of rotatable bonds is 7. The number of amides is 1. The van der Waals surface area contributed by atoms with Crippen LogP contribution in [0.4, 0.5) is 4.39 Å². The number of hydrogen-bond acceptors (Lipinski definition) is 3. The number of nitriles is 1. The molecule has 6 heteroatoms. The molecule has 0 saturated carbocycles. The lowest BCUT2D eigenvalue weighted by molar-refractivity contribution is -0.133. The first-order chi connectivity index (χ1) is 17.2. The van der Waals surface area contributed by atoms with Gasteiger partial charge in [0.05, 0.1) is 16.5 Å². The smallest absolute Gasteiger partial charge is 0.231 e. The lowest BCUT2D eigenvalue weighted by atomic mass is 9.68. The van der Waals surface area contributed by atoms with Gasteiger partial charge in [0.1, 0.15) is 11.9 Å². The van der Waals surface area contributed by atoms with E-state index in [2.05, 4.69) is 44.2 Å². The summed E-state index contributed by atoms with van der Waals surface area (Å²) < 4.78 is 13.6. The number of allylic oxidation sites excluding steroid dienone is 3. The number of aryl methyl sites for hydroxylation is 2. The lowest BCUT2D eigenvalue weighted by Crippen LogP contribution is -2.39. The lowest BCUT2D eigenvalue weighted by Gasteiger charge is -2.37. The second-order valence-corrected chi connectivity index (χ2v) is 10.9. The quantitative estimate of drug-likeness (QED) is 0.482. The second kappa shape index (κ2) is 10.9. The van der Waals surface area contributed by atoms with Gasteiger partial charge in [-0.3, -0.25) is 4.79 Å². The molecule has 0 radical (unpaired) electrons. The minimum absolute atomic E-state index is 0.00730. The fraction of sp³-hybridized carbons (Fsp3) is 0.400. The number of benzene rings is 2. The van der Waals surface area contributed by atoms with Crippen LogP contribution in [0.2, 0.25) is 5.02 Å². The molecule has 2 N–H and O–H groups in total. The van der Waals surface area contributed by atoms with Gasteiger partial charge < -0.3 is 10.6 Å². The van der Waals surface area contributed by atoms with Crippen molar-refractivity contribution in [1.29, 1.82) is 5.26 Å². The highest BCUT2D eigenvalue weighted by Gasteiger charge is 2.41. The highest BCUT2D eigenvalue weighted by molar-refractivity contribution is 6.31. The van der Waals surface area contributed by atoms with Crippen LogP contribution in [-0.4, -0.2) is 23.9 Å². The summed E-state index contributed by atoms with van der Waals surface area (Å²) in [7, 11) is 0. The average Bonchev–Trinajstić information content (AvgIpc) is 3.35. The number of hydrogen-bond donors (Lipinski definition) is 1. The van der Waals surface area contributed by atoms with Crippen molar-refractivity contribution in [3.8, 4) is 6.07 Å². The van der Waals surface area contributed by atoms with Gasteiger partial charge in [0.2, 0.25) is 5.91 Å². The second-order valence-electron chi connectivity index (χ2n) is 10.5. The van der Waals surface area contributed by atoms with Crippen molar-refractivity contribution in [2.24, 2.45) is 23.0 Å².